The quantitative estimate of drug-likeness (QED) is 0.789. The van der Waals surface area contributed by atoms with Crippen LogP contribution in [0.4, 0.5) is 0 Å². The second-order valence-corrected chi connectivity index (χ2v) is 7.42. The van der Waals surface area contributed by atoms with Crippen LogP contribution in [0.3, 0.4) is 0 Å². The van der Waals surface area contributed by atoms with Gasteiger partial charge < -0.3 is 10.4 Å². The Balaban J connectivity index is 2.50. The summed E-state index contributed by atoms with van der Waals surface area (Å²) in [6.45, 7) is 12.4. The molecule has 0 bridgehead atoms. The van der Waals surface area contributed by atoms with Crippen molar-refractivity contribution >= 4 is 11.3 Å². The van der Waals surface area contributed by atoms with Crippen molar-refractivity contribution in [2.24, 2.45) is 5.41 Å². The Morgan fingerprint density at radius 2 is 2.06 bits per heavy atom. The molecule has 1 unspecified atom stereocenters. The molecule has 0 saturated heterocycles. The first kappa shape index (κ1) is 15.7. The van der Waals surface area contributed by atoms with Gasteiger partial charge in [0.25, 0.3) is 0 Å². The largest absolute Gasteiger partial charge is 0.396 e. The van der Waals surface area contributed by atoms with Crippen molar-refractivity contribution in [3.8, 4) is 0 Å². The number of thiophene rings is 1. The lowest BCUT2D eigenvalue weighted by molar-refractivity contribution is 0.233. The van der Waals surface area contributed by atoms with Crippen LogP contribution < -0.4 is 5.32 Å². The third-order valence-corrected chi connectivity index (χ3v) is 4.43. The molecule has 0 saturated carbocycles. The maximum atomic E-state index is 8.91. The van der Waals surface area contributed by atoms with Crippen molar-refractivity contribution in [3.63, 3.8) is 0 Å². The molecule has 2 nitrogen and oxygen atoms in total. The molecule has 1 atom stereocenters. The smallest absolute Gasteiger partial charge is 0.0431 e. The lowest BCUT2D eigenvalue weighted by Gasteiger charge is -2.27. The van der Waals surface area contributed by atoms with Crippen LogP contribution in [0.25, 0.3) is 0 Å². The van der Waals surface area contributed by atoms with Gasteiger partial charge in [0, 0.05) is 28.9 Å². The molecule has 1 aromatic rings. The predicted octanol–water partition coefficient (Wildman–Crippen LogP) is 3.81. The fraction of sp³-hybridized carbons (Fsp3) is 0.733. The monoisotopic (exact) mass is 269 g/mol. The van der Waals surface area contributed by atoms with Crippen molar-refractivity contribution < 1.29 is 5.11 Å². The van der Waals surface area contributed by atoms with Gasteiger partial charge in [-0.2, -0.15) is 0 Å². The summed E-state index contributed by atoms with van der Waals surface area (Å²) in [7, 11) is 0. The molecule has 0 fully saturated rings. The maximum Gasteiger partial charge on any atom is 0.0431 e. The second kappa shape index (κ2) is 6.69. The summed E-state index contributed by atoms with van der Waals surface area (Å²) in [5, 5.41) is 12.5. The zero-order valence-electron chi connectivity index (χ0n) is 12.3. The Labute approximate surface area is 115 Å². The highest BCUT2D eigenvalue weighted by molar-refractivity contribution is 7.12. The summed E-state index contributed by atoms with van der Waals surface area (Å²) in [6.07, 6.45) is 1.95. The van der Waals surface area contributed by atoms with Gasteiger partial charge in [-0.1, -0.05) is 13.8 Å². The minimum Gasteiger partial charge on any atom is -0.396 e. The molecule has 104 valence electrons. The molecule has 1 rings (SSSR count). The summed E-state index contributed by atoms with van der Waals surface area (Å²) in [6, 6.07) is 2.70. The highest BCUT2D eigenvalue weighted by atomic mass is 32.1. The van der Waals surface area contributed by atoms with E-state index in [1.165, 1.54) is 15.3 Å². The molecule has 0 aliphatic rings. The van der Waals surface area contributed by atoms with Gasteiger partial charge >= 0.3 is 0 Å². The van der Waals surface area contributed by atoms with Crippen LogP contribution in [0.5, 0.6) is 0 Å². The van der Waals surface area contributed by atoms with Crippen LogP contribution in [-0.2, 0) is 0 Å². The first-order valence-corrected chi connectivity index (χ1v) is 7.58. The zero-order chi connectivity index (χ0) is 13.8. The van der Waals surface area contributed by atoms with E-state index in [1.54, 1.807) is 0 Å². The second-order valence-electron chi connectivity index (χ2n) is 5.96. The molecule has 0 spiro atoms. The van der Waals surface area contributed by atoms with Crippen LogP contribution in [0.1, 0.15) is 55.0 Å². The molecule has 0 aliphatic carbocycles. The van der Waals surface area contributed by atoms with Crippen molar-refractivity contribution in [1.82, 2.24) is 5.32 Å². The number of aliphatic hydroxyl groups excluding tert-OH is 1. The Kier molecular flexibility index (Phi) is 5.83. The normalized spacial score (nSPS) is 13.9. The first-order valence-electron chi connectivity index (χ1n) is 6.77. The lowest BCUT2D eigenvalue weighted by atomic mass is 9.87. The molecule has 18 heavy (non-hydrogen) atoms. The third kappa shape index (κ3) is 4.71. The van der Waals surface area contributed by atoms with Gasteiger partial charge in [-0.05, 0) is 50.7 Å². The highest BCUT2D eigenvalue weighted by Crippen LogP contribution is 2.27. The van der Waals surface area contributed by atoms with E-state index < -0.39 is 0 Å². The topological polar surface area (TPSA) is 32.3 Å². The summed E-state index contributed by atoms with van der Waals surface area (Å²) < 4.78 is 0. The summed E-state index contributed by atoms with van der Waals surface area (Å²) >= 11 is 1.87. The first-order chi connectivity index (χ1) is 8.35. The van der Waals surface area contributed by atoms with Gasteiger partial charge in [0.2, 0.25) is 0 Å². The van der Waals surface area contributed by atoms with E-state index >= 15 is 0 Å². The third-order valence-electron chi connectivity index (χ3n) is 3.44. The molecule has 0 radical (unpaired) electrons. The van der Waals surface area contributed by atoms with Gasteiger partial charge in [-0.25, -0.2) is 0 Å². The summed E-state index contributed by atoms with van der Waals surface area (Å²) in [4.78, 5) is 2.80. The molecule has 0 aliphatic heterocycles. The van der Waals surface area contributed by atoms with Crippen LogP contribution in [0, 0.1) is 19.3 Å². The highest BCUT2D eigenvalue weighted by Gasteiger charge is 2.19. The van der Waals surface area contributed by atoms with E-state index in [0.717, 1.165) is 19.4 Å². The summed E-state index contributed by atoms with van der Waals surface area (Å²) in [5.74, 6) is 0. The molecular formula is C15H27NOS. The number of hydrogen-bond donors (Lipinski definition) is 2. The number of aryl methyl sites for hydroxylation is 2. The van der Waals surface area contributed by atoms with E-state index in [4.69, 9.17) is 5.11 Å². The van der Waals surface area contributed by atoms with Crippen molar-refractivity contribution in [2.45, 2.75) is 53.5 Å². The molecule has 1 heterocycles. The fourth-order valence-electron chi connectivity index (χ4n) is 2.27. The van der Waals surface area contributed by atoms with Gasteiger partial charge in [0.05, 0.1) is 0 Å². The van der Waals surface area contributed by atoms with Gasteiger partial charge in [0.15, 0.2) is 0 Å². The number of rotatable bonds is 7. The van der Waals surface area contributed by atoms with E-state index in [9.17, 15) is 0 Å². The van der Waals surface area contributed by atoms with E-state index in [-0.39, 0.29) is 5.41 Å². The molecule has 1 aromatic heterocycles. The zero-order valence-corrected chi connectivity index (χ0v) is 13.2. The Hall–Kier alpha value is -0.380. The maximum absolute atomic E-state index is 8.91. The fourth-order valence-corrected chi connectivity index (χ4v) is 3.29. The standard InChI is InChI=1S/C15H27NOS/c1-11-9-14(13(3)18-11)12(2)16-10-15(4,5)7-6-8-17/h9,12,16-17H,6-8,10H2,1-5H3. The van der Waals surface area contributed by atoms with Crippen LogP contribution in [-0.4, -0.2) is 18.3 Å². The number of nitrogens with one attached hydrogen (secondary N) is 1. The molecule has 2 N–H and O–H groups in total. The van der Waals surface area contributed by atoms with E-state index in [1.807, 2.05) is 11.3 Å². The minimum atomic E-state index is 0.246. The molecule has 3 heteroatoms. The number of hydrogen-bond acceptors (Lipinski definition) is 3. The van der Waals surface area contributed by atoms with Crippen molar-refractivity contribution in [3.05, 3.63) is 21.4 Å². The lowest BCUT2D eigenvalue weighted by Crippen LogP contribution is -2.31. The Morgan fingerprint density at radius 1 is 1.39 bits per heavy atom. The summed E-state index contributed by atoms with van der Waals surface area (Å²) in [5.41, 5.74) is 1.67. The Bertz CT molecular complexity index is 371. The SMILES string of the molecule is Cc1cc(C(C)NCC(C)(C)CCCO)c(C)s1. The Morgan fingerprint density at radius 3 is 2.56 bits per heavy atom. The molecule has 0 amide bonds. The van der Waals surface area contributed by atoms with Crippen LogP contribution in [0.2, 0.25) is 0 Å². The predicted molar refractivity (Wildman–Crippen MR) is 80.3 cm³/mol. The average Bonchev–Trinajstić information content (AvgIpc) is 2.63. The van der Waals surface area contributed by atoms with E-state index in [2.05, 4.69) is 46.0 Å². The van der Waals surface area contributed by atoms with Crippen molar-refractivity contribution in [2.75, 3.05) is 13.2 Å². The van der Waals surface area contributed by atoms with Crippen LogP contribution >= 0.6 is 11.3 Å². The van der Waals surface area contributed by atoms with Gasteiger partial charge in [-0.3, -0.25) is 0 Å². The number of aliphatic hydroxyl groups is 1. The van der Waals surface area contributed by atoms with Crippen molar-refractivity contribution in [1.29, 1.82) is 0 Å². The van der Waals surface area contributed by atoms with Gasteiger partial charge in [-0.15, -0.1) is 11.3 Å². The average molecular weight is 269 g/mol. The minimum absolute atomic E-state index is 0.246. The van der Waals surface area contributed by atoms with E-state index in [0.29, 0.717) is 12.6 Å². The van der Waals surface area contributed by atoms with Crippen LogP contribution in [0.15, 0.2) is 6.07 Å². The molecular weight excluding hydrogens is 242 g/mol. The molecule has 0 aromatic carbocycles. The van der Waals surface area contributed by atoms with Gasteiger partial charge in [0.1, 0.15) is 0 Å².